The van der Waals surface area contributed by atoms with Crippen LogP contribution in [0.5, 0.6) is 0 Å². The Labute approximate surface area is 148 Å². The van der Waals surface area contributed by atoms with Crippen LogP contribution in [-0.2, 0) is 0 Å². The van der Waals surface area contributed by atoms with E-state index in [1.54, 1.807) is 6.07 Å². The van der Waals surface area contributed by atoms with Crippen LogP contribution >= 0.6 is 0 Å². The topological polar surface area (TPSA) is 74.3 Å². The zero-order valence-electron chi connectivity index (χ0n) is 14.9. The van der Waals surface area contributed by atoms with Crippen molar-refractivity contribution in [2.24, 2.45) is 0 Å². The average Bonchev–Trinajstić information content (AvgIpc) is 2.60. The van der Waals surface area contributed by atoms with E-state index in [9.17, 15) is 9.59 Å². The molecule has 6 nitrogen and oxygen atoms in total. The molecule has 0 unspecified atom stereocenters. The van der Waals surface area contributed by atoms with Crippen molar-refractivity contribution in [3.8, 4) is 0 Å². The van der Waals surface area contributed by atoms with Crippen LogP contribution in [0.2, 0.25) is 0 Å². The lowest BCUT2D eigenvalue weighted by molar-refractivity contribution is 0.0952. The van der Waals surface area contributed by atoms with Crippen LogP contribution in [0, 0.1) is 6.92 Å². The quantitative estimate of drug-likeness (QED) is 0.759. The van der Waals surface area contributed by atoms with Gasteiger partial charge in [0.25, 0.3) is 11.8 Å². The Hall–Kier alpha value is -2.73. The second kappa shape index (κ2) is 8.94. The summed E-state index contributed by atoms with van der Waals surface area (Å²) < 4.78 is 0. The second-order valence-electron chi connectivity index (χ2n) is 6.11. The minimum atomic E-state index is -0.337. The van der Waals surface area contributed by atoms with Gasteiger partial charge in [0.05, 0.1) is 0 Å². The number of nitrogens with one attached hydrogen (secondary N) is 2. The van der Waals surface area contributed by atoms with Crippen LogP contribution in [0.1, 0.15) is 32.8 Å². The Morgan fingerprint density at radius 1 is 1.12 bits per heavy atom. The van der Waals surface area contributed by atoms with Crippen molar-refractivity contribution in [3.63, 3.8) is 0 Å². The monoisotopic (exact) mass is 340 g/mol. The van der Waals surface area contributed by atoms with E-state index >= 15 is 0 Å². The predicted octanol–water partition coefficient (Wildman–Crippen LogP) is 2.32. The van der Waals surface area contributed by atoms with Gasteiger partial charge in [-0.25, -0.2) is 0 Å². The molecule has 2 amide bonds. The number of aromatic nitrogens is 1. The third kappa shape index (κ3) is 5.69. The molecule has 0 aliphatic carbocycles. The van der Waals surface area contributed by atoms with Crippen molar-refractivity contribution in [3.05, 3.63) is 59.4 Å². The molecular weight excluding hydrogens is 316 g/mol. The zero-order valence-corrected chi connectivity index (χ0v) is 14.9. The standard InChI is InChI=1S/C19H24N4O2/c1-14-7-4-5-8-16(14)22-19(25)17-13-15(9-11-20-17)18(24)21-10-6-12-23(2)3/h4-5,7-9,11,13H,6,10,12H2,1-3H3,(H,21,24)(H,22,25). The third-order valence-corrected chi connectivity index (χ3v) is 3.72. The van der Waals surface area contributed by atoms with E-state index in [0.29, 0.717) is 12.1 Å². The van der Waals surface area contributed by atoms with E-state index in [4.69, 9.17) is 0 Å². The average molecular weight is 340 g/mol. The maximum absolute atomic E-state index is 12.4. The number of carbonyl (C=O) groups excluding carboxylic acids is 2. The van der Waals surface area contributed by atoms with Gasteiger partial charge in [0.2, 0.25) is 0 Å². The molecule has 0 fully saturated rings. The Kier molecular flexibility index (Phi) is 6.65. The Balaban J connectivity index is 1.99. The first kappa shape index (κ1) is 18.6. The fourth-order valence-electron chi connectivity index (χ4n) is 2.29. The molecule has 0 spiro atoms. The number of nitrogens with zero attached hydrogens (tertiary/aromatic N) is 2. The van der Waals surface area contributed by atoms with Gasteiger partial charge < -0.3 is 15.5 Å². The molecule has 2 rings (SSSR count). The van der Waals surface area contributed by atoms with Crippen LogP contribution in [0.3, 0.4) is 0 Å². The lowest BCUT2D eigenvalue weighted by Gasteiger charge is -2.10. The largest absolute Gasteiger partial charge is 0.352 e. The first-order chi connectivity index (χ1) is 12.0. The van der Waals surface area contributed by atoms with Gasteiger partial charge in [-0.1, -0.05) is 18.2 Å². The molecule has 1 aromatic heterocycles. The van der Waals surface area contributed by atoms with Gasteiger partial charge in [-0.3, -0.25) is 14.6 Å². The number of para-hydroxylation sites is 1. The lowest BCUT2D eigenvalue weighted by atomic mass is 10.2. The van der Waals surface area contributed by atoms with Crippen LogP contribution in [0.4, 0.5) is 5.69 Å². The molecule has 0 atom stereocenters. The molecule has 0 saturated heterocycles. The number of amides is 2. The number of hydrogen-bond donors (Lipinski definition) is 2. The molecular formula is C19H24N4O2. The molecule has 25 heavy (non-hydrogen) atoms. The number of carbonyl (C=O) groups is 2. The number of benzene rings is 1. The number of pyridine rings is 1. The molecule has 0 radical (unpaired) electrons. The molecule has 2 aromatic rings. The molecule has 0 aliphatic rings. The highest BCUT2D eigenvalue weighted by Crippen LogP contribution is 2.14. The first-order valence-corrected chi connectivity index (χ1v) is 8.23. The van der Waals surface area contributed by atoms with Gasteiger partial charge in [-0.15, -0.1) is 0 Å². The summed E-state index contributed by atoms with van der Waals surface area (Å²) in [6.07, 6.45) is 2.34. The summed E-state index contributed by atoms with van der Waals surface area (Å²) in [7, 11) is 3.98. The smallest absolute Gasteiger partial charge is 0.274 e. The summed E-state index contributed by atoms with van der Waals surface area (Å²) >= 11 is 0. The van der Waals surface area contributed by atoms with E-state index in [1.165, 1.54) is 12.3 Å². The van der Waals surface area contributed by atoms with Gasteiger partial charge in [-0.05, 0) is 57.7 Å². The first-order valence-electron chi connectivity index (χ1n) is 8.23. The Morgan fingerprint density at radius 2 is 1.88 bits per heavy atom. The fourth-order valence-corrected chi connectivity index (χ4v) is 2.29. The van der Waals surface area contributed by atoms with Crippen molar-refractivity contribution in [2.45, 2.75) is 13.3 Å². The van der Waals surface area contributed by atoms with Crippen LogP contribution in [0.15, 0.2) is 42.6 Å². The number of anilines is 1. The molecule has 0 bridgehead atoms. The maximum Gasteiger partial charge on any atom is 0.274 e. The van der Waals surface area contributed by atoms with Gasteiger partial charge in [0.15, 0.2) is 0 Å². The highest BCUT2D eigenvalue weighted by Gasteiger charge is 2.12. The summed E-state index contributed by atoms with van der Waals surface area (Å²) in [5.74, 6) is -0.539. The van der Waals surface area contributed by atoms with E-state index in [0.717, 1.165) is 24.2 Å². The van der Waals surface area contributed by atoms with Gasteiger partial charge >= 0.3 is 0 Å². The normalized spacial score (nSPS) is 10.6. The minimum Gasteiger partial charge on any atom is -0.352 e. The Morgan fingerprint density at radius 3 is 2.60 bits per heavy atom. The number of hydrogen-bond acceptors (Lipinski definition) is 4. The zero-order chi connectivity index (χ0) is 18.2. The van der Waals surface area contributed by atoms with Crippen molar-refractivity contribution in [1.82, 2.24) is 15.2 Å². The van der Waals surface area contributed by atoms with Crippen molar-refractivity contribution < 1.29 is 9.59 Å². The van der Waals surface area contributed by atoms with Crippen molar-refractivity contribution >= 4 is 17.5 Å². The van der Waals surface area contributed by atoms with E-state index in [2.05, 4.69) is 20.5 Å². The fraction of sp³-hybridized carbons (Fsp3) is 0.316. The molecule has 6 heteroatoms. The maximum atomic E-state index is 12.4. The second-order valence-corrected chi connectivity index (χ2v) is 6.11. The highest BCUT2D eigenvalue weighted by atomic mass is 16.2. The summed E-state index contributed by atoms with van der Waals surface area (Å²) in [6.45, 7) is 3.41. The Bertz CT molecular complexity index is 744. The van der Waals surface area contributed by atoms with Crippen LogP contribution in [0.25, 0.3) is 0 Å². The lowest BCUT2D eigenvalue weighted by Crippen LogP contribution is -2.27. The van der Waals surface area contributed by atoms with Crippen LogP contribution in [-0.4, -0.2) is 48.9 Å². The minimum absolute atomic E-state index is 0.203. The molecule has 0 aliphatic heterocycles. The predicted molar refractivity (Wildman–Crippen MR) is 98.9 cm³/mol. The summed E-state index contributed by atoms with van der Waals surface area (Å²) in [6, 6.07) is 10.6. The summed E-state index contributed by atoms with van der Waals surface area (Å²) in [5, 5.41) is 5.67. The van der Waals surface area contributed by atoms with E-state index in [1.807, 2.05) is 45.3 Å². The van der Waals surface area contributed by atoms with Gasteiger partial charge in [0.1, 0.15) is 5.69 Å². The third-order valence-electron chi connectivity index (χ3n) is 3.72. The van der Waals surface area contributed by atoms with Gasteiger partial charge in [0, 0.05) is 24.0 Å². The number of aryl methyl sites for hydroxylation is 1. The van der Waals surface area contributed by atoms with Gasteiger partial charge in [-0.2, -0.15) is 0 Å². The molecule has 2 N–H and O–H groups in total. The molecule has 1 aromatic carbocycles. The summed E-state index contributed by atoms with van der Waals surface area (Å²) in [4.78, 5) is 30.7. The molecule has 1 heterocycles. The van der Waals surface area contributed by atoms with E-state index in [-0.39, 0.29) is 17.5 Å². The molecule has 0 saturated carbocycles. The SMILES string of the molecule is Cc1ccccc1NC(=O)c1cc(C(=O)NCCCN(C)C)ccn1. The summed E-state index contributed by atoms with van der Waals surface area (Å²) in [5.41, 5.74) is 2.33. The highest BCUT2D eigenvalue weighted by molar-refractivity contribution is 6.05. The van der Waals surface area contributed by atoms with E-state index < -0.39 is 0 Å². The van der Waals surface area contributed by atoms with Crippen LogP contribution < -0.4 is 10.6 Å². The van der Waals surface area contributed by atoms with Crippen molar-refractivity contribution in [1.29, 1.82) is 0 Å². The molecule has 132 valence electrons. The van der Waals surface area contributed by atoms with Crippen molar-refractivity contribution in [2.75, 3.05) is 32.5 Å². The number of rotatable bonds is 7.